The Bertz CT molecular complexity index is 895. The van der Waals surface area contributed by atoms with Crippen LogP contribution in [0.5, 0.6) is 0 Å². The van der Waals surface area contributed by atoms with Crippen LogP contribution < -0.4 is 0 Å². The molecule has 1 heterocycles. The third kappa shape index (κ3) is 4.30. The van der Waals surface area contributed by atoms with Gasteiger partial charge in [-0.15, -0.1) is 0 Å². The Balaban J connectivity index is 1.94. The van der Waals surface area contributed by atoms with Crippen molar-refractivity contribution in [3.8, 4) is 0 Å². The molecular weight excluding hydrogens is 402 g/mol. The van der Waals surface area contributed by atoms with E-state index in [1.807, 2.05) is 49.4 Å². The topological polar surface area (TPSA) is 54.5 Å². The van der Waals surface area contributed by atoms with Gasteiger partial charge in [0.15, 0.2) is 9.84 Å². The molecule has 0 N–H and O–H groups in total. The van der Waals surface area contributed by atoms with Crippen molar-refractivity contribution in [1.82, 2.24) is 4.90 Å². The molecule has 25 heavy (non-hydrogen) atoms. The summed E-state index contributed by atoms with van der Waals surface area (Å²) in [5, 5.41) is 0. The lowest BCUT2D eigenvalue weighted by Gasteiger charge is -2.29. The number of amides is 1. The van der Waals surface area contributed by atoms with Crippen LogP contribution >= 0.6 is 15.9 Å². The van der Waals surface area contributed by atoms with E-state index < -0.39 is 9.84 Å². The molecule has 1 amide bonds. The average Bonchev–Trinajstić information content (AvgIpc) is 2.92. The Labute approximate surface area is 156 Å². The molecular formula is C19H20BrNO3S. The van der Waals surface area contributed by atoms with Crippen LogP contribution in [0.2, 0.25) is 0 Å². The molecule has 132 valence electrons. The zero-order valence-corrected chi connectivity index (χ0v) is 16.4. The van der Waals surface area contributed by atoms with Crippen molar-refractivity contribution >= 4 is 31.7 Å². The van der Waals surface area contributed by atoms with Crippen molar-refractivity contribution in [2.45, 2.75) is 25.9 Å². The lowest BCUT2D eigenvalue weighted by Crippen LogP contribution is -2.40. The second kappa shape index (κ2) is 7.30. The molecule has 0 saturated carbocycles. The molecule has 1 fully saturated rings. The monoisotopic (exact) mass is 421 g/mol. The molecule has 0 spiro atoms. The van der Waals surface area contributed by atoms with Gasteiger partial charge in [0.1, 0.15) is 0 Å². The van der Waals surface area contributed by atoms with E-state index >= 15 is 0 Å². The van der Waals surface area contributed by atoms with E-state index in [9.17, 15) is 13.2 Å². The van der Waals surface area contributed by atoms with Crippen LogP contribution in [0.4, 0.5) is 0 Å². The fourth-order valence-corrected chi connectivity index (χ4v) is 5.36. The Kier molecular flexibility index (Phi) is 5.29. The van der Waals surface area contributed by atoms with Gasteiger partial charge in [0.2, 0.25) is 0 Å². The average molecular weight is 422 g/mol. The highest BCUT2D eigenvalue weighted by atomic mass is 79.9. The smallest absolute Gasteiger partial charge is 0.254 e. The molecule has 1 aliphatic heterocycles. The van der Waals surface area contributed by atoms with E-state index in [-0.39, 0.29) is 23.5 Å². The predicted molar refractivity (Wildman–Crippen MR) is 102 cm³/mol. The molecule has 2 aromatic rings. The quantitative estimate of drug-likeness (QED) is 0.757. The second-order valence-corrected chi connectivity index (χ2v) is 9.58. The van der Waals surface area contributed by atoms with Gasteiger partial charge in [0, 0.05) is 22.6 Å². The largest absolute Gasteiger partial charge is 0.330 e. The van der Waals surface area contributed by atoms with Crippen molar-refractivity contribution in [2.75, 3.05) is 11.5 Å². The number of carbonyl (C=O) groups is 1. The van der Waals surface area contributed by atoms with E-state index in [2.05, 4.69) is 15.9 Å². The van der Waals surface area contributed by atoms with Crippen molar-refractivity contribution in [3.05, 3.63) is 69.7 Å². The molecule has 0 unspecified atom stereocenters. The summed E-state index contributed by atoms with van der Waals surface area (Å²) in [6.07, 6.45) is 0.494. The van der Waals surface area contributed by atoms with Gasteiger partial charge < -0.3 is 4.90 Å². The Morgan fingerprint density at radius 2 is 1.96 bits per heavy atom. The number of halogens is 1. The van der Waals surface area contributed by atoms with Crippen molar-refractivity contribution in [3.63, 3.8) is 0 Å². The summed E-state index contributed by atoms with van der Waals surface area (Å²) >= 11 is 3.45. The van der Waals surface area contributed by atoms with Crippen LogP contribution in [0.15, 0.2) is 53.0 Å². The van der Waals surface area contributed by atoms with Crippen molar-refractivity contribution in [2.24, 2.45) is 0 Å². The maximum Gasteiger partial charge on any atom is 0.254 e. The lowest BCUT2D eigenvalue weighted by atomic mass is 10.1. The molecule has 6 heteroatoms. The summed E-state index contributed by atoms with van der Waals surface area (Å²) in [5.41, 5.74) is 2.50. The Morgan fingerprint density at radius 1 is 1.20 bits per heavy atom. The van der Waals surface area contributed by atoms with E-state index in [1.54, 1.807) is 11.0 Å². The van der Waals surface area contributed by atoms with E-state index in [1.165, 1.54) is 0 Å². The molecule has 1 saturated heterocycles. The zero-order chi connectivity index (χ0) is 18.0. The predicted octanol–water partition coefficient (Wildman–Crippen LogP) is 3.59. The minimum absolute atomic E-state index is 0.0403. The highest BCUT2D eigenvalue weighted by Gasteiger charge is 2.35. The minimum Gasteiger partial charge on any atom is -0.330 e. The summed E-state index contributed by atoms with van der Waals surface area (Å²) in [7, 11) is -3.07. The van der Waals surface area contributed by atoms with Gasteiger partial charge in [0.25, 0.3) is 5.91 Å². The summed E-state index contributed by atoms with van der Waals surface area (Å²) in [6, 6.07) is 14.9. The van der Waals surface area contributed by atoms with Crippen LogP contribution in [0.1, 0.15) is 27.9 Å². The highest BCUT2D eigenvalue weighted by Crippen LogP contribution is 2.24. The van der Waals surface area contributed by atoms with Gasteiger partial charge >= 0.3 is 0 Å². The van der Waals surface area contributed by atoms with Gasteiger partial charge in [-0.05, 0) is 42.7 Å². The number of rotatable bonds is 4. The molecule has 2 aromatic carbocycles. The van der Waals surface area contributed by atoms with Crippen LogP contribution in [-0.4, -0.2) is 36.8 Å². The number of nitrogens with zero attached hydrogens (tertiary/aromatic N) is 1. The molecule has 0 aromatic heterocycles. The number of hydrogen-bond acceptors (Lipinski definition) is 3. The van der Waals surface area contributed by atoms with Crippen LogP contribution in [-0.2, 0) is 16.4 Å². The first-order chi connectivity index (χ1) is 11.9. The van der Waals surface area contributed by atoms with Crippen LogP contribution in [0.25, 0.3) is 0 Å². The number of aryl methyl sites for hydroxylation is 1. The van der Waals surface area contributed by atoms with Crippen LogP contribution in [0.3, 0.4) is 0 Å². The second-order valence-electron chi connectivity index (χ2n) is 6.43. The van der Waals surface area contributed by atoms with Gasteiger partial charge in [-0.3, -0.25) is 4.79 Å². The molecule has 1 atom stereocenters. The molecule has 3 rings (SSSR count). The lowest BCUT2D eigenvalue weighted by molar-refractivity contribution is 0.0680. The molecule has 0 bridgehead atoms. The van der Waals surface area contributed by atoms with Gasteiger partial charge in [0.05, 0.1) is 11.5 Å². The number of sulfone groups is 1. The maximum atomic E-state index is 13.2. The fraction of sp³-hybridized carbons (Fsp3) is 0.316. The first-order valence-electron chi connectivity index (χ1n) is 8.17. The Morgan fingerprint density at radius 3 is 2.60 bits per heavy atom. The van der Waals surface area contributed by atoms with E-state index in [4.69, 9.17) is 0 Å². The summed E-state index contributed by atoms with van der Waals surface area (Å²) in [5.74, 6) is 0.0759. The van der Waals surface area contributed by atoms with Crippen molar-refractivity contribution < 1.29 is 13.2 Å². The highest BCUT2D eigenvalue weighted by molar-refractivity contribution is 9.10. The standard InChI is InChI=1S/C19H20BrNO3S/c1-14-5-2-3-8-18(14)19(22)21(17-9-10-25(23,24)13-17)12-15-6-4-7-16(20)11-15/h2-8,11,17H,9-10,12-13H2,1H3/t17-/m0/s1. The SMILES string of the molecule is Cc1ccccc1C(=O)N(Cc1cccc(Br)c1)[C@H]1CCS(=O)(=O)C1. The molecule has 0 radical (unpaired) electrons. The molecule has 1 aliphatic rings. The van der Waals surface area contributed by atoms with Gasteiger partial charge in [-0.1, -0.05) is 46.3 Å². The van der Waals surface area contributed by atoms with Crippen LogP contribution in [0, 0.1) is 6.92 Å². The third-order valence-corrected chi connectivity index (χ3v) is 6.77. The minimum atomic E-state index is -3.07. The number of carbonyl (C=O) groups excluding carboxylic acids is 1. The maximum absolute atomic E-state index is 13.2. The first-order valence-corrected chi connectivity index (χ1v) is 10.8. The number of benzene rings is 2. The van der Waals surface area contributed by atoms with E-state index in [0.717, 1.165) is 15.6 Å². The normalized spacial score (nSPS) is 18.9. The first kappa shape index (κ1) is 18.1. The van der Waals surface area contributed by atoms with Gasteiger partial charge in [-0.2, -0.15) is 0 Å². The summed E-state index contributed by atoms with van der Waals surface area (Å²) in [4.78, 5) is 14.9. The van der Waals surface area contributed by atoms with Gasteiger partial charge in [-0.25, -0.2) is 8.42 Å². The van der Waals surface area contributed by atoms with Crippen molar-refractivity contribution in [1.29, 1.82) is 0 Å². The summed E-state index contributed by atoms with van der Waals surface area (Å²) in [6.45, 7) is 2.29. The fourth-order valence-electron chi connectivity index (χ4n) is 3.19. The van der Waals surface area contributed by atoms with E-state index in [0.29, 0.717) is 18.5 Å². The summed E-state index contributed by atoms with van der Waals surface area (Å²) < 4.78 is 24.8. The third-order valence-electron chi connectivity index (χ3n) is 4.53. The molecule has 0 aliphatic carbocycles. The number of hydrogen-bond donors (Lipinski definition) is 0. The zero-order valence-electron chi connectivity index (χ0n) is 14.0. The Hall–Kier alpha value is -1.66. The molecule has 4 nitrogen and oxygen atoms in total.